The van der Waals surface area contributed by atoms with E-state index in [4.69, 9.17) is 4.74 Å². The minimum atomic E-state index is -0.274. The number of urea groups is 1. The first kappa shape index (κ1) is 14.4. The molecule has 0 bridgehead atoms. The van der Waals surface area contributed by atoms with Crippen LogP contribution in [-0.2, 0) is 11.2 Å². The fourth-order valence-corrected chi connectivity index (χ4v) is 3.18. The van der Waals surface area contributed by atoms with Gasteiger partial charge in [-0.3, -0.25) is 0 Å². The van der Waals surface area contributed by atoms with Crippen molar-refractivity contribution in [3.63, 3.8) is 0 Å². The molecule has 2 amide bonds. The highest BCUT2D eigenvalue weighted by atomic mass is 16.5. The molecule has 1 aromatic carbocycles. The predicted octanol–water partition coefficient (Wildman–Crippen LogP) is 1.12. The molecule has 3 atom stereocenters. The lowest BCUT2D eigenvalue weighted by molar-refractivity contribution is -0.0833. The van der Waals surface area contributed by atoms with Crippen molar-refractivity contribution in [3.05, 3.63) is 35.4 Å². The SMILES string of the molecule is C[C@@H]1CN(C(=O)NC[C@H]2Cc3ccccc32)C[C@@H](CO)O1. The summed E-state index contributed by atoms with van der Waals surface area (Å²) in [5, 5.41) is 12.2. The van der Waals surface area contributed by atoms with Crippen LogP contribution in [0.4, 0.5) is 4.79 Å². The molecule has 5 heteroatoms. The molecular formula is C16H22N2O3. The van der Waals surface area contributed by atoms with E-state index < -0.39 is 0 Å². The van der Waals surface area contributed by atoms with Crippen LogP contribution in [0.15, 0.2) is 24.3 Å². The van der Waals surface area contributed by atoms with E-state index in [0.29, 0.717) is 25.6 Å². The third kappa shape index (κ3) is 3.04. The van der Waals surface area contributed by atoms with Gasteiger partial charge >= 0.3 is 6.03 Å². The van der Waals surface area contributed by atoms with Crippen molar-refractivity contribution >= 4 is 6.03 Å². The molecule has 114 valence electrons. The molecule has 1 aliphatic carbocycles. The molecule has 1 fully saturated rings. The second kappa shape index (κ2) is 6.03. The summed E-state index contributed by atoms with van der Waals surface area (Å²) in [4.78, 5) is 14.0. The number of amides is 2. The van der Waals surface area contributed by atoms with Gasteiger partial charge in [0.25, 0.3) is 0 Å². The number of hydrogen-bond acceptors (Lipinski definition) is 3. The number of carbonyl (C=O) groups is 1. The molecule has 5 nitrogen and oxygen atoms in total. The van der Waals surface area contributed by atoms with Crippen molar-refractivity contribution in [1.29, 1.82) is 0 Å². The smallest absolute Gasteiger partial charge is 0.317 e. The van der Waals surface area contributed by atoms with Crippen molar-refractivity contribution in [1.82, 2.24) is 10.2 Å². The highest BCUT2D eigenvalue weighted by Crippen LogP contribution is 2.34. The first-order valence-corrected chi connectivity index (χ1v) is 7.54. The fourth-order valence-electron chi connectivity index (χ4n) is 3.18. The monoisotopic (exact) mass is 290 g/mol. The summed E-state index contributed by atoms with van der Waals surface area (Å²) >= 11 is 0. The Bertz CT molecular complexity index is 520. The van der Waals surface area contributed by atoms with Gasteiger partial charge in [-0.15, -0.1) is 0 Å². The number of ether oxygens (including phenoxy) is 1. The van der Waals surface area contributed by atoms with Gasteiger partial charge < -0.3 is 20.1 Å². The van der Waals surface area contributed by atoms with Crippen LogP contribution in [0.25, 0.3) is 0 Å². The molecule has 1 heterocycles. The van der Waals surface area contributed by atoms with Gasteiger partial charge in [0.2, 0.25) is 0 Å². The zero-order chi connectivity index (χ0) is 14.8. The van der Waals surface area contributed by atoms with Gasteiger partial charge in [0.15, 0.2) is 0 Å². The Morgan fingerprint density at radius 2 is 2.24 bits per heavy atom. The topological polar surface area (TPSA) is 61.8 Å². The largest absolute Gasteiger partial charge is 0.394 e. The highest BCUT2D eigenvalue weighted by molar-refractivity contribution is 5.74. The molecule has 0 saturated carbocycles. The first-order chi connectivity index (χ1) is 10.2. The zero-order valence-electron chi connectivity index (χ0n) is 12.3. The maximum atomic E-state index is 12.2. The van der Waals surface area contributed by atoms with Crippen molar-refractivity contribution < 1.29 is 14.6 Å². The number of morpholine rings is 1. The van der Waals surface area contributed by atoms with Crippen LogP contribution in [0.3, 0.4) is 0 Å². The Hall–Kier alpha value is -1.59. The van der Waals surface area contributed by atoms with Crippen molar-refractivity contribution in [2.45, 2.75) is 31.5 Å². The van der Waals surface area contributed by atoms with Crippen LogP contribution in [-0.4, -0.2) is 54.5 Å². The van der Waals surface area contributed by atoms with Gasteiger partial charge in [-0.1, -0.05) is 24.3 Å². The van der Waals surface area contributed by atoms with E-state index in [1.165, 1.54) is 11.1 Å². The summed E-state index contributed by atoms with van der Waals surface area (Å²) in [6, 6.07) is 8.31. The summed E-state index contributed by atoms with van der Waals surface area (Å²) < 4.78 is 5.55. The number of rotatable bonds is 3. The van der Waals surface area contributed by atoms with Gasteiger partial charge in [-0.2, -0.15) is 0 Å². The van der Waals surface area contributed by atoms with Gasteiger partial charge in [0.1, 0.15) is 0 Å². The molecule has 2 aliphatic rings. The normalized spacial score (nSPS) is 27.7. The maximum Gasteiger partial charge on any atom is 0.317 e. The molecule has 1 aromatic rings. The number of carbonyl (C=O) groups excluding carboxylic acids is 1. The number of aliphatic hydroxyl groups is 1. The van der Waals surface area contributed by atoms with E-state index in [1.807, 2.05) is 13.0 Å². The molecule has 0 aromatic heterocycles. The molecule has 0 unspecified atom stereocenters. The summed E-state index contributed by atoms with van der Waals surface area (Å²) in [5.41, 5.74) is 2.73. The second-order valence-electron chi connectivity index (χ2n) is 5.94. The molecule has 0 radical (unpaired) electrons. The quantitative estimate of drug-likeness (QED) is 0.877. The maximum absolute atomic E-state index is 12.2. The minimum Gasteiger partial charge on any atom is -0.394 e. The van der Waals surface area contributed by atoms with E-state index >= 15 is 0 Å². The predicted molar refractivity (Wildman–Crippen MR) is 79.3 cm³/mol. The Balaban J connectivity index is 1.51. The van der Waals surface area contributed by atoms with Crippen molar-refractivity contribution in [2.75, 3.05) is 26.2 Å². The average molecular weight is 290 g/mol. The van der Waals surface area contributed by atoms with Crippen LogP contribution in [0, 0.1) is 0 Å². The van der Waals surface area contributed by atoms with Gasteiger partial charge in [0.05, 0.1) is 25.4 Å². The summed E-state index contributed by atoms with van der Waals surface area (Å²) in [6.07, 6.45) is 0.727. The first-order valence-electron chi connectivity index (χ1n) is 7.54. The number of hydrogen-bond donors (Lipinski definition) is 2. The standard InChI is InChI=1S/C16H22N2O3/c1-11-8-18(9-14(10-19)21-11)16(20)17-7-13-6-12-4-2-3-5-15(12)13/h2-5,11,13-14,19H,6-10H2,1H3,(H,17,20)/t11-,13-,14+/m1/s1. The second-order valence-corrected chi connectivity index (χ2v) is 5.94. The average Bonchev–Trinajstić information content (AvgIpc) is 2.47. The molecule has 1 aliphatic heterocycles. The van der Waals surface area contributed by atoms with Gasteiger partial charge in [0, 0.05) is 19.0 Å². The third-order valence-electron chi connectivity index (χ3n) is 4.28. The Morgan fingerprint density at radius 1 is 1.43 bits per heavy atom. The summed E-state index contributed by atoms with van der Waals surface area (Å²) in [5.74, 6) is 0.428. The number of benzene rings is 1. The van der Waals surface area contributed by atoms with Crippen LogP contribution in [0.1, 0.15) is 24.0 Å². The van der Waals surface area contributed by atoms with E-state index in [2.05, 4.69) is 23.5 Å². The molecule has 21 heavy (non-hydrogen) atoms. The Labute approximate surface area is 124 Å². The van der Waals surface area contributed by atoms with E-state index in [0.717, 1.165) is 6.42 Å². The lowest BCUT2D eigenvalue weighted by Crippen LogP contribution is -2.53. The van der Waals surface area contributed by atoms with Gasteiger partial charge in [-0.25, -0.2) is 4.79 Å². The number of nitrogens with zero attached hydrogens (tertiary/aromatic N) is 1. The van der Waals surface area contributed by atoms with E-state index in [9.17, 15) is 9.90 Å². The van der Waals surface area contributed by atoms with Crippen molar-refractivity contribution in [2.24, 2.45) is 0 Å². The molecule has 0 spiro atoms. The number of nitrogens with one attached hydrogen (secondary N) is 1. The van der Waals surface area contributed by atoms with Crippen LogP contribution in [0.5, 0.6) is 0 Å². The third-order valence-corrected chi connectivity index (χ3v) is 4.28. The lowest BCUT2D eigenvalue weighted by atomic mass is 9.78. The summed E-state index contributed by atoms with van der Waals surface area (Å²) in [7, 11) is 0. The Morgan fingerprint density at radius 3 is 3.00 bits per heavy atom. The van der Waals surface area contributed by atoms with Crippen LogP contribution in [0.2, 0.25) is 0 Å². The molecule has 2 N–H and O–H groups in total. The number of fused-ring (bicyclic) bond motifs is 1. The van der Waals surface area contributed by atoms with Crippen LogP contribution < -0.4 is 5.32 Å². The fraction of sp³-hybridized carbons (Fsp3) is 0.562. The molecular weight excluding hydrogens is 268 g/mol. The van der Waals surface area contributed by atoms with E-state index in [-0.39, 0.29) is 24.8 Å². The molecule has 3 rings (SSSR count). The van der Waals surface area contributed by atoms with Crippen molar-refractivity contribution in [3.8, 4) is 0 Å². The molecule has 1 saturated heterocycles. The van der Waals surface area contributed by atoms with E-state index in [1.54, 1.807) is 4.90 Å². The summed E-state index contributed by atoms with van der Waals surface area (Å²) in [6.45, 7) is 3.57. The highest BCUT2D eigenvalue weighted by Gasteiger charge is 2.30. The minimum absolute atomic E-state index is 0.0360. The van der Waals surface area contributed by atoms with Gasteiger partial charge in [-0.05, 0) is 24.5 Å². The van der Waals surface area contributed by atoms with Crippen LogP contribution >= 0.6 is 0 Å². The Kier molecular flexibility index (Phi) is 4.12. The lowest BCUT2D eigenvalue weighted by Gasteiger charge is -2.37. The zero-order valence-corrected chi connectivity index (χ0v) is 12.3. The number of aliphatic hydroxyl groups excluding tert-OH is 1.